The molecule has 0 radical (unpaired) electrons. The third-order valence-corrected chi connectivity index (χ3v) is 2.64. The fourth-order valence-electron chi connectivity index (χ4n) is 2.13. The van der Waals surface area contributed by atoms with Crippen LogP contribution in [0.1, 0.15) is 59.3 Å². The van der Waals surface area contributed by atoms with Gasteiger partial charge in [0.15, 0.2) is 0 Å². The Morgan fingerprint density at radius 2 is 1.29 bits per heavy atom. The molecule has 80 valence electrons. The zero-order chi connectivity index (χ0) is 10.3. The Balaban J connectivity index is 0. The van der Waals surface area contributed by atoms with Gasteiger partial charge in [0.25, 0.3) is 0 Å². The quantitative estimate of drug-likeness (QED) is 0.656. The van der Waals surface area contributed by atoms with Crippen molar-refractivity contribution in [3.05, 3.63) is 0 Å². The van der Waals surface area contributed by atoms with Crippen LogP contribution in [-0.2, 0) is 4.79 Å². The number of hydrogen-bond acceptors (Lipinski definition) is 1. The predicted octanol–water partition coefficient (Wildman–Crippen LogP) is 2.81. The predicted molar refractivity (Wildman–Crippen MR) is 61.9 cm³/mol. The van der Waals surface area contributed by atoms with E-state index in [9.17, 15) is 9.90 Å². The molecule has 1 N–H and O–H groups in total. The second kappa shape index (κ2) is 8.75. The van der Waals surface area contributed by atoms with Crippen LogP contribution in [0.3, 0.4) is 0 Å². The Kier molecular flexibility index (Phi) is 10.6. The molecule has 3 heteroatoms. The van der Waals surface area contributed by atoms with E-state index in [1.807, 2.05) is 0 Å². The van der Waals surface area contributed by atoms with Crippen LogP contribution in [0.25, 0.3) is 0 Å². The summed E-state index contributed by atoms with van der Waals surface area (Å²) < 4.78 is 0. The monoisotopic (exact) mass is 210 g/mol. The molecule has 0 unspecified atom stereocenters. The number of carboxylic acids is 1. The Labute approximate surface area is 110 Å². The molecular formula is C11H23NaO2. The van der Waals surface area contributed by atoms with Crippen molar-refractivity contribution in [1.82, 2.24) is 0 Å². The first-order chi connectivity index (χ1) is 6.13. The van der Waals surface area contributed by atoms with Gasteiger partial charge in [-0.2, -0.15) is 0 Å². The van der Waals surface area contributed by atoms with Crippen LogP contribution in [0.4, 0.5) is 0 Å². The second-order valence-corrected chi connectivity index (χ2v) is 3.84. The van der Waals surface area contributed by atoms with Gasteiger partial charge in [-0.25, -0.2) is 0 Å². The van der Waals surface area contributed by atoms with Gasteiger partial charge < -0.3 is 5.11 Å². The molecule has 0 fully saturated rings. The first-order valence-electron chi connectivity index (χ1n) is 5.36. The van der Waals surface area contributed by atoms with Crippen LogP contribution >= 0.6 is 0 Å². The van der Waals surface area contributed by atoms with Crippen LogP contribution in [-0.4, -0.2) is 40.6 Å². The van der Waals surface area contributed by atoms with Crippen molar-refractivity contribution in [1.29, 1.82) is 0 Å². The van der Waals surface area contributed by atoms with Crippen molar-refractivity contribution in [2.24, 2.45) is 5.41 Å². The molecular weight excluding hydrogens is 187 g/mol. The Bertz CT molecular complexity index is 140. The van der Waals surface area contributed by atoms with Gasteiger partial charge in [0.1, 0.15) is 0 Å². The van der Waals surface area contributed by atoms with E-state index in [1.54, 1.807) is 0 Å². The molecule has 0 aliphatic rings. The van der Waals surface area contributed by atoms with Gasteiger partial charge in [-0.05, 0) is 19.3 Å². The van der Waals surface area contributed by atoms with Crippen molar-refractivity contribution >= 4 is 35.5 Å². The van der Waals surface area contributed by atoms with E-state index in [4.69, 9.17) is 0 Å². The Hall–Kier alpha value is 0.470. The van der Waals surface area contributed by atoms with Gasteiger partial charge in [0, 0.05) is 0 Å². The van der Waals surface area contributed by atoms with Crippen molar-refractivity contribution in [3.63, 3.8) is 0 Å². The summed E-state index contributed by atoms with van der Waals surface area (Å²) in [5, 5.41) is 9.22. The fraction of sp³-hybridized carbons (Fsp3) is 0.909. The van der Waals surface area contributed by atoms with E-state index in [1.165, 1.54) is 0 Å². The maximum atomic E-state index is 11.2. The summed E-state index contributed by atoms with van der Waals surface area (Å²) in [7, 11) is 0. The number of rotatable bonds is 7. The van der Waals surface area contributed by atoms with Gasteiger partial charge >= 0.3 is 35.5 Å². The summed E-state index contributed by atoms with van der Waals surface area (Å²) in [6.07, 6.45) is 5.36. The molecule has 14 heavy (non-hydrogen) atoms. The second-order valence-electron chi connectivity index (χ2n) is 3.84. The number of carboxylic acid groups (broad SMARTS) is 1. The molecule has 0 aliphatic carbocycles. The molecule has 0 saturated heterocycles. The van der Waals surface area contributed by atoms with E-state index in [2.05, 4.69) is 20.8 Å². The van der Waals surface area contributed by atoms with Crippen molar-refractivity contribution < 1.29 is 9.90 Å². The van der Waals surface area contributed by atoms with E-state index in [-0.39, 0.29) is 29.6 Å². The fourth-order valence-corrected chi connectivity index (χ4v) is 2.13. The third kappa shape index (κ3) is 4.81. The molecule has 0 spiro atoms. The average molecular weight is 210 g/mol. The summed E-state index contributed by atoms with van der Waals surface area (Å²) in [5.74, 6) is -0.599. The normalized spacial score (nSPS) is 10.8. The summed E-state index contributed by atoms with van der Waals surface area (Å²) in [5.41, 5.74) is -0.432. The zero-order valence-electron chi connectivity index (χ0n) is 9.10. The average Bonchev–Trinajstić information content (AvgIpc) is 2.05. The molecule has 2 nitrogen and oxygen atoms in total. The Morgan fingerprint density at radius 1 is 1.00 bits per heavy atom. The summed E-state index contributed by atoms with van der Waals surface area (Å²) in [6.45, 7) is 6.18. The molecule has 0 atom stereocenters. The van der Waals surface area contributed by atoms with Crippen LogP contribution in [0, 0.1) is 5.41 Å². The van der Waals surface area contributed by atoms with Gasteiger partial charge in [0.2, 0.25) is 0 Å². The molecule has 0 rings (SSSR count). The minimum atomic E-state index is -0.599. The minimum absolute atomic E-state index is 0. The van der Waals surface area contributed by atoms with Gasteiger partial charge in [-0.3, -0.25) is 4.79 Å². The molecule has 0 aromatic heterocycles. The molecule has 0 aliphatic heterocycles. The third-order valence-electron chi connectivity index (χ3n) is 2.64. The van der Waals surface area contributed by atoms with Crippen molar-refractivity contribution in [3.8, 4) is 0 Å². The topological polar surface area (TPSA) is 37.3 Å². The number of hydrogen-bond donors (Lipinski definition) is 1. The first-order valence-corrected chi connectivity index (χ1v) is 5.36. The number of aliphatic carboxylic acids is 1. The first kappa shape index (κ1) is 16.9. The maximum absolute atomic E-state index is 11.2. The van der Waals surface area contributed by atoms with Crippen molar-refractivity contribution in [2.75, 3.05) is 0 Å². The van der Waals surface area contributed by atoms with E-state index in [0.29, 0.717) is 0 Å². The van der Waals surface area contributed by atoms with E-state index < -0.39 is 11.4 Å². The van der Waals surface area contributed by atoms with Crippen molar-refractivity contribution in [2.45, 2.75) is 59.3 Å². The SMILES string of the molecule is CCCC(CCC)(CCC)C(=O)O.[NaH]. The van der Waals surface area contributed by atoms with Crippen LogP contribution in [0.2, 0.25) is 0 Å². The molecule has 0 aromatic rings. The summed E-state index contributed by atoms with van der Waals surface area (Å²) >= 11 is 0. The molecule has 0 saturated carbocycles. The molecule has 0 heterocycles. The summed E-state index contributed by atoms with van der Waals surface area (Å²) in [6, 6.07) is 0. The molecule has 0 amide bonds. The van der Waals surface area contributed by atoms with E-state index in [0.717, 1.165) is 38.5 Å². The zero-order valence-corrected chi connectivity index (χ0v) is 9.10. The number of carbonyl (C=O) groups is 1. The van der Waals surface area contributed by atoms with Crippen LogP contribution in [0.15, 0.2) is 0 Å². The van der Waals surface area contributed by atoms with Gasteiger partial charge in [-0.15, -0.1) is 0 Å². The van der Waals surface area contributed by atoms with E-state index >= 15 is 0 Å². The summed E-state index contributed by atoms with van der Waals surface area (Å²) in [4.78, 5) is 11.2. The van der Waals surface area contributed by atoms with Gasteiger partial charge in [-0.1, -0.05) is 40.0 Å². The molecule has 0 aromatic carbocycles. The van der Waals surface area contributed by atoms with Gasteiger partial charge in [0.05, 0.1) is 5.41 Å². The standard InChI is InChI=1S/C11H22O2.Na.H/c1-4-7-11(8-5-2,9-6-3)10(12)13;;/h4-9H2,1-3H3,(H,12,13);;. The Morgan fingerprint density at radius 3 is 1.43 bits per heavy atom. The van der Waals surface area contributed by atoms with Crippen LogP contribution in [0.5, 0.6) is 0 Å². The molecule has 0 bridgehead atoms. The van der Waals surface area contributed by atoms with Crippen LogP contribution < -0.4 is 0 Å².